The fraction of sp³-hybridized carbons (Fsp3) is 0.706. The number of hydrogen-bond donors (Lipinski definition) is 1. The molecule has 2 heterocycles. The van der Waals surface area contributed by atoms with Crippen LogP contribution < -0.4 is 5.73 Å². The van der Waals surface area contributed by atoms with Gasteiger partial charge in [-0.2, -0.15) is 0 Å². The van der Waals surface area contributed by atoms with E-state index in [0.29, 0.717) is 6.54 Å². The lowest BCUT2D eigenvalue weighted by Gasteiger charge is -2.38. The molecule has 0 aromatic carbocycles. The van der Waals surface area contributed by atoms with Crippen molar-refractivity contribution >= 4 is 17.2 Å². The van der Waals surface area contributed by atoms with E-state index in [0.717, 1.165) is 37.1 Å². The van der Waals surface area contributed by atoms with E-state index in [-0.39, 0.29) is 18.1 Å². The number of aryl methyl sites for hydroxylation is 2. The molecule has 0 spiro atoms. The third-order valence-corrected chi connectivity index (χ3v) is 6.22. The number of rotatable bonds is 3. The molecule has 122 valence electrons. The first-order valence-corrected chi connectivity index (χ1v) is 9.20. The number of likely N-dealkylation sites (tertiary alicyclic amines) is 1. The quantitative estimate of drug-likeness (QED) is 0.870. The van der Waals surface area contributed by atoms with Gasteiger partial charge in [0.15, 0.2) is 0 Å². The smallest absolute Gasteiger partial charge is 0.264 e. The summed E-state index contributed by atoms with van der Waals surface area (Å²) in [6.45, 7) is 1.26. The molecule has 0 radical (unpaired) electrons. The zero-order chi connectivity index (χ0) is 15.5. The Morgan fingerprint density at radius 1 is 1.41 bits per heavy atom. The standard InChI is InChI=1S/C17H26N2O2S/c1-21-14-7-8-19(13(10-14)11-18)17(20)16-9-12-5-3-2-4-6-15(12)22-16/h9,13-14H,2-8,10-11,18H2,1H3. The summed E-state index contributed by atoms with van der Waals surface area (Å²) in [6, 6.07) is 2.25. The minimum absolute atomic E-state index is 0.105. The summed E-state index contributed by atoms with van der Waals surface area (Å²) in [6.07, 6.45) is 8.08. The Hall–Kier alpha value is -0.910. The zero-order valence-corrected chi connectivity index (χ0v) is 14.2. The fourth-order valence-electron chi connectivity index (χ4n) is 3.63. The maximum absolute atomic E-state index is 12.9. The molecule has 0 bridgehead atoms. The largest absolute Gasteiger partial charge is 0.381 e. The van der Waals surface area contributed by atoms with Crippen molar-refractivity contribution in [1.29, 1.82) is 0 Å². The molecular formula is C17H26N2O2S. The average molecular weight is 322 g/mol. The molecule has 22 heavy (non-hydrogen) atoms. The number of nitrogens with two attached hydrogens (primary N) is 1. The highest BCUT2D eigenvalue weighted by atomic mass is 32.1. The first kappa shape index (κ1) is 16.0. The average Bonchev–Trinajstić information content (AvgIpc) is 2.84. The first-order valence-electron chi connectivity index (χ1n) is 8.38. The molecule has 1 aliphatic carbocycles. The lowest BCUT2D eigenvalue weighted by molar-refractivity contribution is 0.0141. The Balaban J connectivity index is 1.75. The Bertz CT molecular complexity index is 505. The van der Waals surface area contributed by atoms with Crippen LogP contribution in [0.4, 0.5) is 0 Å². The van der Waals surface area contributed by atoms with Crippen LogP contribution in [0, 0.1) is 0 Å². The van der Waals surface area contributed by atoms with Gasteiger partial charge in [0.05, 0.1) is 11.0 Å². The number of carbonyl (C=O) groups excluding carboxylic acids is 1. The second kappa shape index (κ2) is 7.11. The van der Waals surface area contributed by atoms with Crippen LogP contribution in [0.2, 0.25) is 0 Å². The number of amides is 1. The van der Waals surface area contributed by atoms with E-state index >= 15 is 0 Å². The number of fused-ring (bicyclic) bond motifs is 1. The minimum Gasteiger partial charge on any atom is -0.381 e. The highest BCUT2D eigenvalue weighted by Crippen LogP contribution is 2.31. The minimum atomic E-state index is 0.105. The maximum Gasteiger partial charge on any atom is 0.264 e. The van der Waals surface area contributed by atoms with Crippen LogP contribution in [0.25, 0.3) is 0 Å². The van der Waals surface area contributed by atoms with E-state index in [1.54, 1.807) is 18.4 Å². The van der Waals surface area contributed by atoms with Gasteiger partial charge in [-0.3, -0.25) is 4.79 Å². The molecule has 1 aromatic heterocycles. The van der Waals surface area contributed by atoms with Crippen molar-refractivity contribution in [3.8, 4) is 0 Å². The molecule has 4 nitrogen and oxygen atoms in total. The molecule has 2 unspecified atom stereocenters. The number of carbonyl (C=O) groups is 1. The summed E-state index contributed by atoms with van der Waals surface area (Å²) in [5.74, 6) is 0.170. The first-order chi connectivity index (χ1) is 10.7. The molecule has 2 N–H and O–H groups in total. The van der Waals surface area contributed by atoms with Crippen molar-refractivity contribution in [2.24, 2.45) is 5.73 Å². The van der Waals surface area contributed by atoms with Crippen molar-refractivity contribution in [1.82, 2.24) is 4.90 Å². The molecule has 5 heteroatoms. The number of hydrogen-bond acceptors (Lipinski definition) is 4. The summed E-state index contributed by atoms with van der Waals surface area (Å²) in [5, 5.41) is 0. The van der Waals surface area contributed by atoms with Gasteiger partial charge in [0.25, 0.3) is 5.91 Å². The maximum atomic E-state index is 12.9. The normalized spacial score (nSPS) is 25.6. The second-order valence-electron chi connectivity index (χ2n) is 6.39. The predicted octanol–water partition coefficient (Wildman–Crippen LogP) is 2.60. The highest BCUT2D eigenvalue weighted by Gasteiger charge is 2.32. The van der Waals surface area contributed by atoms with Gasteiger partial charge in [-0.25, -0.2) is 0 Å². The summed E-state index contributed by atoms with van der Waals surface area (Å²) < 4.78 is 5.45. The third kappa shape index (κ3) is 3.21. The molecule has 1 aliphatic heterocycles. The molecule has 0 saturated carbocycles. The van der Waals surface area contributed by atoms with Crippen molar-refractivity contribution in [3.63, 3.8) is 0 Å². The van der Waals surface area contributed by atoms with Gasteiger partial charge in [0.2, 0.25) is 0 Å². The van der Waals surface area contributed by atoms with Crippen LogP contribution in [0.15, 0.2) is 6.07 Å². The Morgan fingerprint density at radius 2 is 2.23 bits per heavy atom. The van der Waals surface area contributed by atoms with Gasteiger partial charge in [-0.05, 0) is 50.2 Å². The van der Waals surface area contributed by atoms with Crippen molar-refractivity contribution in [2.45, 2.75) is 57.1 Å². The number of ether oxygens (including phenoxy) is 1. The monoisotopic (exact) mass is 322 g/mol. The van der Waals surface area contributed by atoms with E-state index in [1.165, 1.54) is 29.7 Å². The topological polar surface area (TPSA) is 55.6 Å². The number of piperidine rings is 1. The van der Waals surface area contributed by atoms with Gasteiger partial charge >= 0.3 is 0 Å². The van der Waals surface area contributed by atoms with E-state index in [1.807, 2.05) is 4.90 Å². The SMILES string of the molecule is COC1CCN(C(=O)c2cc3c(s2)CCCCC3)C(CN)C1. The molecule has 3 rings (SSSR count). The predicted molar refractivity (Wildman–Crippen MR) is 89.5 cm³/mol. The van der Waals surface area contributed by atoms with E-state index in [2.05, 4.69) is 6.07 Å². The third-order valence-electron chi connectivity index (χ3n) is 4.99. The van der Waals surface area contributed by atoms with Gasteiger partial charge in [-0.1, -0.05) is 6.42 Å². The van der Waals surface area contributed by atoms with Crippen LogP contribution in [-0.2, 0) is 17.6 Å². The van der Waals surface area contributed by atoms with Crippen LogP contribution in [0.5, 0.6) is 0 Å². The van der Waals surface area contributed by atoms with Crippen molar-refractivity contribution in [2.75, 3.05) is 20.2 Å². The lowest BCUT2D eigenvalue weighted by Crippen LogP contribution is -2.51. The van der Waals surface area contributed by atoms with E-state index in [9.17, 15) is 4.79 Å². The lowest BCUT2D eigenvalue weighted by atomic mass is 9.99. The van der Waals surface area contributed by atoms with Gasteiger partial charge in [0.1, 0.15) is 0 Å². The molecule has 2 atom stereocenters. The summed E-state index contributed by atoms with van der Waals surface area (Å²) >= 11 is 1.71. The van der Waals surface area contributed by atoms with E-state index in [4.69, 9.17) is 10.5 Å². The molecular weight excluding hydrogens is 296 g/mol. The Labute approximate surface area is 136 Å². The summed E-state index contributed by atoms with van der Waals surface area (Å²) in [7, 11) is 1.74. The second-order valence-corrected chi connectivity index (χ2v) is 7.53. The van der Waals surface area contributed by atoms with Crippen molar-refractivity contribution in [3.05, 3.63) is 21.4 Å². The molecule has 2 aliphatic rings. The van der Waals surface area contributed by atoms with Gasteiger partial charge in [-0.15, -0.1) is 11.3 Å². The number of methoxy groups -OCH3 is 1. The van der Waals surface area contributed by atoms with Gasteiger partial charge < -0.3 is 15.4 Å². The number of thiophene rings is 1. The highest BCUT2D eigenvalue weighted by molar-refractivity contribution is 7.14. The molecule has 1 saturated heterocycles. The van der Waals surface area contributed by atoms with Gasteiger partial charge in [0, 0.05) is 31.1 Å². The van der Waals surface area contributed by atoms with Crippen molar-refractivity contribution < 1.29 is 9.53 Å². The Kier molecular flexibility index (Phi) is 5.16. The van der Waals surface area contributed by atoms with Crippen LogP contribution in [-0.4, -0.2) is 43.2 Å². The summed E-state index contributed by atoms with van der Waals surface area (Å²) in [5.41, 5.74) is 7.30. The van der Waals surface area contributed by atoms with E-state index < -0.39 is 0 Å². The molecule has 1 fully saturated rings. The Morgan fingerprint density at radius 3 is 3.00 bits per heavy atom. The van der Waals surface area contributed by atoms with Crippen LogP contribution >= 0.6 is 11.3 Å². The zero-order valence-electron chi connectivity index (χ0n) is 13.3. The van der Waals surface area contributed by atoms with Crippen LogP contribution in [0.3, 0.4) is 0 Å². The fourth-order valence-corrected chi connectivity index (χ4v) is 4.84. The van der Waals surface area contributed by atoms with Crippen LogP contribution in [0.1, 0.15) is 52.2 Å². The molecule has 1 amide bonds. The number of nitrogens with zero attached hydrogens (tertiary/aromatic N) is 1. The summed E-state index contributed by atoms with van der Waals surface area (Å²) in [4.78, 5) is 17.2. The molecule has 1 aromatic rings.